The third-order valence-corrected chi connectivity index (χ3v) is 9.31. The Labute approximate surface area is 243 Å². The SMILES string of the molecule is C=C1C(=O)CC[C@H]2[C@@]1(C)[C@@H](OC(=O)c1cccnc1)[C@H](OC(=O)c1ccccc1)[C@](C)(O)[C@@]2(C)/C=C/C1=CC(=O)OC1. The van der Waals surface area contributed by atoms with Gasteiger partial charge in [0.05, 0.1) is 11.1 Å². The second kappa shape index (κ2) is 10.8. The number of rotatable bonds is 6. The number of carbonyl (C=O) groups excluding carboxylic acids is 4. The average molecular weight is 572 g/mol. The predicted molar refractivity (Wildman–Crippen MR) is 151 cm³/mol. The van der Waals surface area contributed by atoms with E-state index in [9.17, 15) is 24.3 Å². The maximum Gasteiger partial charge on any atom is 0.340 e. The number of Topliss-reactive ketones (excluding diaryl/α,β-unsaturated/α-hetero) is 1. The number of aromatic nitrogens is 1. The van der Waals surface area contributed by atoms with E-state index in [4.69, 9.17) is 14.2 Å². The molecular formula is C33H33NO8. The molecule has 0 bridgehead atoms. The number of cyclic esters (lactones) is 1. The third-order valence-electron chi connectivity index (χ3n) is 9.31. The van der Waals surface area contributed by atoms with E-state index in [1.807, 2.05) is 6.92 Å². The summed E-state index contributed by atoms with van der Waals surface area (Å²) >= 11 is 0. The number of esters is 3. The molecule has 5 rings (SSSR count). The van der Waals surface area contributed by atoms with Crippen molar-refractivity contribution in [2.24, 2.45) is 16.7 Å². The molecule has 218 valence electrons. The molecule has 9 heteroatoms. The monoisotopic (exact) mass is 571 g/mol. The van der Waals surface area contributed by atoms with E-state index >= 15 is 0 Å². The van der Waals surface area contributed by atoms with Gasteiger partial charge in [-0.25, -0.2) is 14.4 Å². The average Bonchev–Trinajstić information content (AvgIpc) is 3.41. The van der Waals surface area contributed by atoms with Gasteiger partial charge in [0.1, 0.15) is 12.2 Å². The Bertz CT molecular complexity index is 1490. The van der Waals surface area contributed by atoms with Crippen molar-refractivity contribution in [1.29, 1.82) is 0 Å². The molecule has 1 aromatic heterocycles. The van der Waals surface area contributed by atoms with Crippen molar-refractivity contribution < 1.29 is 38.5 Å². The molecule has 9 nitrogen and oxygen atoms in total. The maximum absolute atomic E-state index is 13.5. The lowest BCUT2D eigenvalue weighted by Gasteiger charge is -2.64. The molecule has 2 aliphatic carbocycles. The highest BCUT2D eigenvalue weighted by molar-refractivity contribution is 5.97. The largest absolute Gasteiger partial charge is 0.458 e. The van der Waals surface area contributed by atoms with Gasteiger partial charge in [0.2, 0.25) is 0 Å². The molecular weight excluding hydrogens is 538 g/mol. The summed E-state index contributed by atoms with van der Waals surface area (Å²) in [5.74, 6) is -2.63. The summed E-state index contributed by atoms with van der Waals surface area (Å²) in [7, 11) is 0. The minimum atomic E-state index is -1.83. The van der Waals surface area contributed by atoms with Gasteiger partial charge in [0.15, 0.2) is 18.0 Å². The quantitative estimate of drug-likeness (QED) is 0.308. The summed E-state index contributed by atoms with van der Waals surface area (Å²) in [6.07, 6.45) is 5.52. The molecule has 0 spiro atoms. The van der Waals surface area contributed by atoms with Gasteiger partial charge in [-0.2, -0.15) is 0 Å². The number of hydrogen-bond acceptors (Lipinski definition) is 9. The number of nitrogens with zero attached hydrogens (tertiary/aromatic N) is 1. The van der Waals surface area contributed by atoms with Gasteiger partial charge >= 0.3 is 17.9 Å². The Morgan fingerprint density at radius 3 is 2.33 bits per heavy atom. The molecule has 2 fully saturated rings. The molecule has 2 aromatic rings. The fraction of sp³-hybridized carbons (Fsp3) is 0.364. The van der Waals surface area contributed by atoms with Crippen LogP contribution in [0.15, 0.2) is 90.8 Å². The van der Waals surface area contributed by atoms with Crippen molar-refractivity contribution in [3.63, 3.8) is 0 Å². The van der Waals surface area contributed by atoms with Crippen molar-refractivity contribution in [3.8, 4) is 0 Å². The molecule has 0 unspecified atom stereocenters. The van der Waals surface area contributed by atoms with Gasteiger partial charge in [0.25, 0.3) is 0 Å². The lowest BCUT2D eigenvalue weighted by molar-refractivity contribution is -0.251. The topological polar surface area (TPSA) is 129 Å². The van der Waals surface area contributed by atoms with Crippen LogP contribution in [0.1, 0.15) is 54.3 Å². The molecule has 42 heavy (non-hydrogen) atoms. The molecule has 2 saturated carbocycles. The first kappa shape index (κ1) is 29.1. The zero-order valence-electron chi connectivity index (χ0n) is 23.7. The van der Waals surface area contributed by atoms with Crippen molar-refractivity contribution >= 4 is 23.7 Å². The van der Waals surface area contributed by atoms with E-state index in [0.717, 1.165) is 0 Å². The summed E-state index contributed by atoms with van der Waals surface area (Å²) in [5.41, 5.74) is -3.01. The van der Waals surface area contributed by atoms with Crippen LogP contribution < -0.4 is 0 Å². The molecule has 2 heterocycles. The van der Waals surface area contributed by atoms with Crippen LogP contribution in [0.2, 0.25) is 0 Å². The van der Waals surface area contributed by atoms with Crippen molar-refractivity contribution in [2.45, 2.75) is 51.4 Å². The van der Waals surface area contributed by atoms with Crippen LogP contribution in [-0.2, 0) is 23.8 Å². The summed E-state index contributed by atoms with van der Waals surface area (Å²) in [5, 5.41) is 12.5. The molecule has 1 aliphatic heterocycles. The van der Waals surface area contributed by atoms with E-state index in [1.54, 1.807) is 55.5 Å². The van der Waals surface area contributed by atoms with Crippen LogP contribution in [0, 0.1) is 16.7 Å². The maximum atomic E-state index is 13.5. The number of benzene rings is 1. The van der Waals surface area contributed by atoms with E-state index in [1.165, 1.54) is 31.5 Å². The first-order valence-corrected chi connectivity index (χ1v) is 13.8. The minimum Gasteiger partial charge on any atom is -0.458 e. The normalized spacial score (nSPS) is 32.6. The Hall–Kier alpha value is -4.37. The lowest BCUT2D eigenvalue weighted by atomic mass is 9.43. The molecule has 1 N–H and O–H groups in total. The fourth-order valence-electron chi connectivity index (χ4n) is 6.63. The van der Waals surface area contributed by atoms with Gasteiger partial charge in [-0.3, -0.25) is 9.78 Å². The number of ketones is 1. The van der Waals surface area contributed by atoms with Crippen LogP contribution in [0.25, 0.3) is 0 Å². The zero-order valence-corrected chi connectivity index (χ0v) is 23.7. The zero-order chi connectivity index (χ0) is 30.3. The Morgan fingerprint density at radius 2 is 1.69 bits per heavy atom. The first-order valence-electron chi connectivity index (χ1n) is 13.8. The highest BCUT2D eigenvalue weighted by Gasteiger charge is 2.71. The molecule has 0 amide bonds. The number of carbonyl (C=O) groups is 4. The van der Waals surface area contributed by atoms with Crippen molar-refractivity contribution in [1.82, 2.24) is 4.98 Å². The smallest absolute Gasteiger partial charge is 0.340 e. The van der Waals surface area contributed by atoms with E-state index in [-0.39, 0.29) is 35.5 Å². The number of pyridine rings is 1. The van der Waals surface area contributed by atoms with Gasteiger partial charge in [-0.05, 0) is 54.7 Å². The summed E-state index contributed by atoms with van der Waals surface area (Å²) in [4.78, 5) is 55.8. The highest BCUT2D eigenvalue weighted by atomic mass is 16.6. The van der Waals surface area contributed by atoms with Gasteiger partial charge < -0.3 is 19.3 Å². The predicted octanol–water partition coefficient (Wildman–Crippen LogP) is 4.18. The first-order chi connectivity index (χ1) is 19.9. The van der Waals surface area contributed by atoms with Gasteiger partial charge in [0, 0.05) is 35.7 Å². The fourth-order valence-corrected chi connectivity index (χ4v) is 6.63. The number of hydrogen-bond donors (Lipinski definition) is 1. The summed E-state index contributed by atoms with van der Waals surface area (Å²) in [6, 6.07) is 11.4. The van der Waals surface area contributed by atoms with Gasteiger partial charge in [-0.1, -0.05) is 50.8 Å². The minimum absolute atomic E-state index is 0.0818. The highest BCUT2D eigenvalue weighted by Crippen LogP contribution is 2.64. The molecule has 3 aliphatic rings. The standard InChI is InChI=1S/C33H33NO8/c1-20-24(35)12-13-25-31(2,15-14-21-17-26(36)40-19-21)33(4,39)28(42-29(37)22-9-6-5-7-10-22)27(32(20,25)3)41-30(38)23-11-8-16-34-18-23/h5-11,14-18,25,27-28,39H,1,12-13,19H2,2-4H3/b15-14+/t25-,27+,28+,31+,32+,33+/m1/s1. The van der Waals surface area contributed by atoms with Crippen LogP contribution in [0.3, 0.4) is 0 Å². The molecule has 0 saturated heterocycles. The van der Waals surface area contributed by atoms with E-state index < -0.39 is 52.5 Å². The third kappa shape index (κ3) is 4.77. The second-order valence-electron chi connectivity index (χ2n) is 11.6. The van der Waals surface area contributed by atoms with Gasteiger partial charge in [-0.15, -0.1) is 0 Å². The van der Waals surface area contributed by atoms with Crippen molar-refractivity contribution in [3.05, 3.63) is 102 Å². The van der Waals surface area contributed by atoms with Crippen LogP contribution in [0.5, 0.6) is 0 Å². The Kier molecular flexibility index (Phi) is 7.49. The second-order valence-corrected chi connectivity index (χ2v) is 11.6. The summed E-state index contributed by atoms with van der Waals surface area (Å²) in [6.45, 7) is 9.34. The Balaban J connectivity index is 1.66. The summed E-state index contributed by atoms with van der Waals surface area (Å²) < 4.78 is 17.2. The Morgan fingerprint density at radius 1 is 1.02 bits per heavy atom. The van der Waals surface area contributed by atoms with Crippen LogP contribution >= 0.6 is 0 Å². The lowest BCUT2D eigenvalue weighted by Crippen LogP contribution is -2.73. The van der Waals surface area contributed by atoms with E-state index in [0.29, 0.717) is 12.0 Å². The number of aliphatic hydroxyl groups is 1. The van der Waals surface area contributed by atoms with Crippen LogP contribution in [0.4, 0.5) is 0 Å². The van der Waals surface area contributed by atoms with Crippen LogP contribution in [-0.4, -0.2) is 58.2 Å². The number of fused-ring (bicyclic) bond motifs is 1. The van der Waals surface area contributed by atoms with E-state index in [2.05, 4.69) is 11.6 Å². The van der Waals surface area contributed by atoms with Crippen molar-refractivity contribution in [2.75, 3.05) is 6.61 Å². The molecule has 6 atom stereocenters. The number of ether oxygens (including phenoxy) is 3. The molecule has 1 aromatic carbocycles. The molecule has 0 radical (unpaired) electrons.